The van der Waals surface area contributed by atoms with Crippen LogP contribution in [0, 0.1) is 0 Å². The van der Waals surface area contributed by atoms with Crippen LogP contribution in [0.3, 0.4) is 0 Å². The molecule has 2 aromatic heterocycles. The Morgan fingerprint density at radius 3 is 2.96 bits per heavy atom. The number of ether oxygens (including phenoxy) is 1. The normalized spacial score (nSPS) is 15.4. The summed E-state index contributed by atoms with van der Waals surface area (Å²) in [4.78, 5) is 22.9. The number of rotatable bonds is 3. The summed E-state index contributed by atoms with van der Waals surface area (Å²) in [5, 5.41) is 5.93. The predicted molar refractivity (Wildman–Crippen MR) is 86.4 cm³/mol. The van der Waals surface area contributed by atoms with Gasteiger partial charge in [0.1, 0.15) is 6.33 Å². The first-order valence-corrected chi connectivity index (χ1v) is 8.38. The minimum Gasteiger partial charge on any atom is -0.378 e. The Hall–Kier alpha value is -2.19. The SMILES string of the molecule is O=C(CSc1nc2c3ccccc3ncn2n1)N1CCOCC1. The first-order chi connectivity index (χ1) is 11.3. The largest absolute Gasteiger partial charge is 0.378 e. The third-order valence-electron chi connectivity index (χ3n) is 3.75. The molecule has 0 N–H and O–H groups in total. The third kappa shape index (κ3) is 2.87. The van der Waals surface area contributed by atoms with Crippen LogP contribution in [0.1, 0.15) is 0 Å². The van der Waals surface area contributed by atoms with Gasteiger partial charge in [0.2, 0.25) is 11.1 Å². The molecule has 0 aliphatic carbocycles. The van der Waals surface area contributed by atoms with E-state index in [1.807, 2.05) is 29.2 Å². The van der Waals surface area contributed by atoms with E-state index >= 15 is 0 Å². The fourth-order valence-corrected chi connectivity index (χ4v) is 3.28. The first-order valence-electron chi connectivity index (χ1n) is 7.40. The lowest BCUT2D eigenvalue weighted by molar-refractivity contribution is -0.132. The van der Waals surface area contributed by atoms with Crippen molar-refractivity contribution in [1.29, 1.82) is 0 Å². The number of hydrogen-bond acceptors (Lipinski definition) is 6. The second-order valence-electron chi connectivity index (χ2n) is 5.21. The first kappa shape index (κ1) is 14.4. The van der Waals surface area contributed by atoms with Gasteiger partial charge in [0.15, 0.2) is 5.65 Å². The van der Waals surface area contributed by atoms with Gasteiger partial charge in [-0.25, -0.2) is 14.5 Å². The molecule has 4 rings (SSSR count). The van der Waals surface area contributed by atoms with Gasteiger partial charge < -0.3 is 9.64 Å². The van der Waals surface area contributed by atoms with Crippen LogP contribution in [-0.4, -0.2) is 62.4 Å². The number of amides is 1. The summed E-state index contributed by atoms with van der Waals surface area (Å²) in [6.07, 6.45) is 1.65. The molecule has 7 nitrogen and oxygen atoms in total. The maximum Gasteiger partial charge on any atom is 0.233 e. The van der Waals surface area contributed by atoms with Crippen LogP contribution in [0.4, 0.5) is 0 Å². The zero-order valence-electron chi connectivity index (χ0n) is 12.4. The van der Waals surface area contributed by atoms with E-state index in [0.29, 0.717) is 37.2 Å². The number of carbonyl (C=O) groups is 1. The van der Waals surface area contributed by atoms with Crippen LogP contribution in [0.2, 0.25) is 0 Å². The van der Waals surface area contributed by atoms with Crippen LogP contribution < -0.4 is 0 Å². The van der Waals surface area contributed by atoms with Crippen molar-refractivity contribution in [3.8, 4) is 0 Å². The molecular formula is C15H15N5O2S. The van der Waals surface area contributed by atoms with Crippen molar-refractivity contribution in [1.82, 2.24) is 24.5 Å². The van der Waals surface area contributed by atoms with Gasteiger partial charge in [-0.05, 0) is 12.1 Å². The third-order valence-corrected chi connectivity index (χ3v) is 4.57. The number of carbonyl (C=O) groups excluding carboxylic acids is 1. The number of nitrogens with zero attached hydrogens (tertiary/aromatic N) is 5. The van der Waals surface area contributed by atoms with Gasteiger partial charge in [-0.15, -0.1) is 5.10 Å². The minimum atomic E-state index is 0.0974. The summed E-state index contributed by atoms with van der Waals surface area (Å²) in [7, 11) is 0. The Morgan fingerprint density at radius 1 is 1.26 bits per heavy atom. The maximum atomic E-state index is 12.2. The van der Waals surface area contributed by atoms with E-state index in [0.717, 1.165) is 16.6 Å². The summed E-state index contributed by atoms with van der Waals surface area (Å²) in [5.41, 5.74) is 1.64. The molecule has 1 amide bonds. The van der Waals surface area contributed by atoms with Gasteiger partial charge in [0.05, 0.1) is 24.5 Å². The monoisotopic (exact) mass is 329 g/mol. The molecule has 3 heterocycles. The summed E-state index contributed by atoms with van der Waals surface area (Å²) < 4.78 is 6.91. The lowest BCUT2D eigenvalue weighted by atomic mass is 10.2. The van der Waals surface area contributed by atoms with Crippen LogP contribution in [-0.2, 0) is 9.53 Å². The molecule has 1 aromatic carbocycles. The quantitative estimate of drug-likeness (QED) is 0.673. The van der Waals surface area contributed by atoms with Gasteiger partial charge in [0, 0.05) is 18.5 Å². The van der Waals surface area contributed by atoms with E-state index in [1.165, 1.54) is 11.8 Å². The number of benzene rings is 1. The molecule has 0 radical (unpaired) electrons. The Balaban J connectivity index is 1.53. The fourth-order valence-electron chi connectivity index (χ4n) is 2.55. The zero-order chi connectivity index (χ0) is 15.6. The molecule has 1 aliphatic rings. The van der Waals surface area contributed by atoms with E-state index in [4.69, 9.17) is 4.74 Å². The van der Waals surface area contributed by atoms with E-state index in [9.17, 15) is 4.79 Å². The van der Waals surface area contributed by atoms with Gasteiger partial charge in [-0.3, -0.25) is 4.79 Å². The summed E-state index contributed by atoms with van der Waals surface area (Å²) in [6, 6.07) is 7.81. The van der Waals surface area contributed by atoms with Crippen molar-refractivity contribution in [2.24, 2.45) is 0 Å². The van der Waals surface area contributed by atoms with Gasteiger partial charge in [-0.2, -0.15) is 0 Å². The summed E-state index contributed by atoms with van der Waals surface area (Å²) in [6.45, 7) is 2.54. The number of para-hydroxylation sites is 1. The standard InChI is InChI=1S/C15H15N5O2S/c21-13(19-5-7-22-8-6-19)9-23-15-17-14-11-3-1-2-4-12(11)16-10-20(14)18-15/h1-4,10H,5-9H2. The van der Waals surface area contributed by atoms with Crippen LogP contribution in [0.5, 0.6) is 0 Å². The number of thioether (sulfide) groups is 1. The highest BCUT2D eigenvalue weighted by Gasteiger charge is 2.18. The molecule has 118 valence electrons. The molecule has 1 saturated heterocycles. The highest BCUT2D eigenvalue weighted by atomic mass is 32.2. The topological polar surface area (TPSA) is 72.6 Å². The minimum absolute atomic E-state index is 0.0974. The number of fused-ring (bicyclic) bond motifs is 3. The number of aromatic nitrogens is 4. The Kier molecular flexibility index (Phi) is 3.84. The van der Waals surface area contributed by atoms with E-state index in [2.05, 4.69) is 15.1 Å². The molecule has 3 aromatic rings. The lowest BCUT2D eigenvalue weighted by Gasteiger charge is -2.26. The Labute approximate surface area is 136 Å². The number of hydrogen-bond donors (Lipinski definition) is 0. The van der Waals surface area contributed by atoms with Crippen molar-refractivity contribution >= 4 is 34.2 Å². The van der Waals surface area contributed by atoms with Crippen LogP contribution in [0.25, 0.3) is 16.6 Å². The van der Waals surface area contributed by atoms with Crippen molar-refractivity contribution < 1.29 is 9.53 Å². The number of morpholine rings is 1. The molecule has 0 spiro atoms. The van der Waals surface area contributed by atoms with Gasteiger partial charge >= 0.3 is 0 Å². The molecule has 1 fully saturated rings. The predicted octanol–water partition coefficient (Wildman–Crippen LogP) is 1.23. The summed E-state index contributed by atoms with van der Waals surface area (Å²) >= 11 is 1.35. The summed E-state index contributed by atoms with van der Waals surface area (Å²) in [5.74, 6) is 0.433. The van der Waals surface area contributed by atoms with Gasteiger partial charge in [-0.1, -0.05) is 23.9 Å². The molecule has 1 aliphatic heterocycles. The van der Waals surface area contributed by atoms with E-state index < -0.39 is 0 Å². The maximum absolute atomic E-state index is 12.2. The Morgan fingerprint density at radius 2 is 2.09 bits per heavy atom. The highest BCUT2D eigenvalue weighted by Crippen LogP contribution is 2.20. The smallest absolute Gasteiger partial charge is 0.233 e. The molecular weight excluding hydrogens is 314 g/mol. The lowest BCUT2D eigenvalue weighted by Crippen LogP contribution is -2.41. The van der Waals surface area contributed by atoms with Crippen LogP contribution >= 0.6 is 11.8 Å². The Bertz CT molecular complexity index is 859. The average Bonchev–Trinajstić information content (AvgIpc) is 3.04. The highest BCUT2D eigenvalue weighted by molar-refractivity contribution is 7.99. The van der Waals surface area contributed by atoms with E-state index in [1.54, 1.807) is 10.8 Å². The second-order valence-corrected chi connectivity index (χ2v) is 6.15. The molecule has 0 bridgehead atoms. The molecule has 23 heavy (non-hydrogen) atoms. The molecule has 0 atom stereocenters. The zero-order valence-corrected chi connectivity index (χ0v) is 13.2. The van der Waals surface area contributed by atoms with Crippen LogP contribution in [0.15, 0.2) is 35.7 Å². The fraction of sp³-hybridized carbons (Fsp3) is 0.333. The van der Waals surface area contributed by atoms with Gasteiger partial charge in [0.25, 0.3) is 0 Å². The van der Waals surface area contributed by atoms with Crippen molar-refractivity contribution in [2.75, 3.05) is 32.1 Å². The van der Waals surface area contributed by atoms with Crippen molar-refractivity contribution in [3.05, 3.63) is 30.6 Å². The average molecular weight is 329 g/mol. The molecule has 0 saturated carbocycles. The van der Waals surface area contributed by atoms with Crippen molar-refractivity contribution in [3.63, 3.8) is 0 Å². The van der Waals surface area contributed by atoms with E-state index in [-0.39, 0.29) is 5.91 Å². The molecule has 8 heteroatoms. The molecule has 0 unspecified atom stereocenters. The van der Waals surface area contributed by atoms with Crippen molar-refractivity contribution in [2.45, 2.75) is 5.16 Å². The second kappa shape index (κ2) is 6.13.